The van der Waals surface area contributed by atoms with E-state index in [2.05, 4.69) is 4.99 Å². The Morgan fingerprint density at radius 2 is 1.83 bits per heavy atom. The lowest BCUT2D eigenvalue weighted by molar-refractivity contribution is -0.00000510. The highest BCUT2D eigenvalue weighted by Crippen LogP contribution is 2.34. The number of hydrogen-bond acceptors (Lipinski definition) is 4. The third-order valence-corrected chi connectivity index (χ3v) is 4.59. The van der Waals surface area contributed by atoms with Crippen molar-refractivity contribution in [3.05, 3.63) is 52.0 Å². The second-order valence-electron chi connectivity index (χ2n) is 4.80. The van der Waals surface area contributed by atoms with Gasteiger partial charge in [0.05, 0.1) is 5.69 Å². The molecule has 0 amide bonds. The molecule has 0 atom stereocenters. The van der Waals surface area contributed by atoms with E-state index in [1.807, 2.05) is 24.3 Å². The SMILES string of the molecule is NC(=Nc1ccc2c(c1)OCCO2)SCc1ccc(Cl)cc1Cl.[Cl-]. The number of nitrogens with zero attached hydrogens (tertiary/aromatic N) is 1. The third-order valence-electron chi connectivity index (χ3n) is 3.16. The van der Waals surface area contributed by atoms with E-state index in [1.54, 1.807) is 12.1 Å². The quantitative estimate of drug-likeness (QED) is 0.624. The summed E-state index contributed by atoms with van der Waals surface area (Å²) in [6.45, 7) is 1.11. The summed E-state index contributed by atoms with van der Waals surface area (Å²) < 4.78 is 11.0. The first kappa shape index (κ1) is 19.1. The van der Waals surface area contributed by atoms with Crippen molar-refractivity contribution in [1.82, 2.24) is 0 Å². The van der Waals surface area contributed by atoms with E-state index in [9.17, 15) is 0 Å². The van der Waals surface area contributed by atoms with E-state index in [4.69, 9.17) is 38.4 Å². The summed E-state index contributed by atoms with van der Waals surface area (Å²) in [6, 6.07) is 10.9. The predicted molar refractivity (Wildman–Crippen MR) is 96.5 cm³/mol. The molecule has 0 saturated carbocycles. The smallest absolute Gasteiger partial charge is 0.163 e. The van der Waals surface area contributed by atoms with Gasteiger partial charge in [-0.2, -0.15) is 0 Å². The molecule has 1 aliphatic rings. The molecule has 2 aromatic rings. The number of fused-ring (bicyclic) bond motifs is 1. The highest BCUT2D eigenvalue weighted by molar-refractivity contribution is 8.13. The highest BCUT2D eigenvalue weighted by atomic mass is 35.5. The molecule has 1 aliphatic heterocycles. The Morgan fingerprint density at radius 3 is 2.58 bits per heavy atom. The molecule has 3 rings (SSSR count). The fourth-order valence-electron chi connectivity index (χ4n) is 2.05. The van der Waals surface area contributed by atoms with Crippen molar-refractivity contribution in [2.45, 2.75) is 5.75 Å². The molecule has 0 radical (unpaired) electrons. The number of thioether (sulfide) groups is 1. The molecule has 0 aliphatic carbocycles. The first-order valence-electron chi connectivity index (χ1n) is 6.92. The average Bonchev–Trinajstić information content (AvgIpc) is 2.54. The number of benzene rings is 2. The van der Waals surface area contributed by atoms with Crippen LogP contribution in [0, 0.1) is 0 Å². The third kappa shape index (κ3) is 4.86. The maximum atomic E-state index is 6.14. The maximum Gasteiger partial charge on any atom is 0.163 e. The lowest BCUT2D eigenvalue weighted by atomic mass is 10.2. The van der Waals surface area contributed by atoms with Gasteiger partial charge < -0.3 is 27.6 Å². The van der Waals surface area contributed by atoms with Crippen molar-refractivity contribution >= 4 is 45.8 Å². The zero-order chi connectivity index (χ0) is 16.2. The van der Waals surface area contributed by atoms with Gasteiger partial charge in [-0.1, -0.05) is 41.0 Å². The monoisotopic (exact) mass is 403 g/mol. The molecule has 8 heteroatoms. The maximum absolute atomic E-state index is 6.14. The van der Waals surface area contributed by atoms with Gasteiger partial charge in [-0.05, 0) is 29.8 Å². The molecule has 128 valence electrons. The second-order valence-corrected chi connectivity index (χ2v) is 6.64. The number of aliphatic imine (C=N–C) groups is 1. The summed E-state index contributed by atoms with van der Waals surface area (Å²) in [5.74, 6) is 2.04. The molecule has 4 nitrogen and oxygen atoms in total. The zero-order valence-electron chi connectivity index (χ0n) is 12.5. The first-order valence-corrected chi connectivity index (χ1v) is 8.66. The Kier molecular flexibility index (Phi) is 6.92. The number of amidine groups is 1. The van der Waals surface area contributed by atoms with Crippen molar-refractivity contribution in [3.8, 4) is 11.5 Å². The van der Waals surface area contributed by atoms with Crippen molar-refractivity contribution < 1.29 is 21.9 Å². The number of rotatable bonds is 3. The van der Waals surface area contributed by atoms with Crippen LogP contribution < -0.4 is 27.6 Å². The van der Waals surface area contributed by atoms with Crippen LogP contribution in [0.15, 0.2) is 41.4 Å². The summed E-state index contributed by atoms with van der Waals surface area (Å²) in [5, 5.41) is 1.69. The first-order chi connectivity index (χ1) is 11.1. The van der Waals surface area contributed by atoms with Crippen LogP contribution in [0.5, 0.6) is 11.5 Å². The molecule has 0 spiro atoms. The van der Waals surface area contributed by atoms with Crippen LogP contribution in [0.4, 0.5) is 5.69 Å². The molecule has 24 heavy (non-hydrogen) atoms. The van der Waals surface area contributed by atoms with Crippen molar-refractivity contribution in [1.29, 1.82) is 0 Å². The second kappa shape index (κ2) is 8.72. The minimum absolute atomic E-state index is 0. The number of hydrogen-bond donors (Lipinski definition) is 1. The Labute approximate surface area is 160 Å². The number of nitrogens with two attached hydrogens (primary N) is 1. The molecule has 0 unspecified atom stereocenters. The van der Waals surface area contributed by atoms with Crippen LogP contribution in [0.3, 0.4) is 0 Å². The molecule has 2 aromatic carbocycles. The Morgan fingerprint density at radius 1 is 1.08 bits per heavy atom. The van der Waals surface area contributed by atoms with E-state index in [-0.39, 0.29) is 12.4 Å². The van der Waals surface area contributed by atoms with Gasteiger partial charge in [-0.3, -0.25) is 0 Å². The van der Waals surface area contributed by atoms with Crippen LogP contribution in [-0.2, 0) is 5.75 Å². The Hall–Kier alpha value is -1.27. The normalized spacial score (nSPS) is 13.3. The number of halogens is 3. The largest absolute Gasteiger partial charge is 1.00 e. The fraction of sp³-hybridized carbons (Fsp3) is 0.188. The van der Waals surface area contributed by atoms with Crippen molar-refractivity contribution in [2.24, 2.45) is 10.7 Å². The molecule has 0 fully saturated rings. The van der Waals surface area contributed by atoms with Gasteiger partial charge in [-0.15, -0.1) is 0 Å². The Balaban J connectivity index is 0.00000208. The fourth-order valence-corrected chi connectivity index (χ4v) is 3.33. The molecule has 0 saturated heterocycles. The summed E-state index contributed by atoms with van der Waals surface area (Å²) in [4.78, 5) is 4.38. The number of ether oxygens (including phenoxy) is 2. The lowest BCUT2D eigenvalue weighted by Gasteiger charge is -2.18. The minimum Gasteiger partial charge on any atom is -1.00 e. The van der Waals surface area contributed by atoms with E-state index >= 15 is 0 Å². The molecular formula is C16H14Cl3N2O2S-. The average molecular weight is 405 g/mol. The molecule has 0 bridgehead atoms. The van der Waals surface area contributed by atoms with Crippen molar-refractivity contribution in [2.75, 3.05) is 13.2 Å². The standard InChI is InChI=1S/C16H14Cl2N2O2S.ClH/c17-11-2-1-10(13(18)7-11)9-23-16(19)20-12-3-4-14-15(8-12)22-6-5-21-14;/h1-4,7-8H,5-6,9H2,(H2,19,20);1H/p-1. The molecular weight excluding hydrogens is 391 g/mol. The van der Waals surface area contributed by atoms with Gasteiger partial charge in [0.15, 0.2) is 16.7 Å². The van der Waals surface area contributed by atoms with Crippen LogP contribution in [0.1, 0.15) is 5.56 Å². The van der Waals surface area contributed by atoms with Gasteiger partial charge in [0, 0.05) is 21.9 Å². The van der Waals surface area contributed by atoms with Crippen LogP contribution in [0.2, 0.25) is 10.0 Å². The summed E-state index contributed by atoms with van der Waals surface area (Å²) in [7, 11) is 0. The molecule has 0 aromatic heterocycles. The zero-order valence-corrected chi connectivity index (χ0v) is 15.6. The summed E-state index contributed by atoms with van der Waals surface area (Å²) in [6.07, 6.45) is 0. The van der Waals surface area contributed by atoms with Crippen LogP contribution in [-0.4, -0.2) is 18.4 Å². The van der Waals surface area contributed by atoms with E-state index in [1.165, 1.54) is 11.8 Å². The Bertz CT molecular complexity index is 756. The van der Waals surface area contributed by atoms with E-state index < -0.39 is 0 Å². The van der Waals surface area contributed by atoms with Gasteiger partial charge >= 0.3 is 0 Å². The van der Waals surface area contributed by atoms with Gasteiger partial charge in [0.2, 0.25) is 0 Å². The van der Waals surface area contributed by atoms with Crippen LogP contribution in [0.25, 0.3) is 0 Å². The molecule has 1 heterocycles. The topological polar surface area (TPSA) is 56.8 Å². The predicted octanol–water partition coefficient (Wildman–Crippen LogP) is 1.65. The van der Waals surface area contributed by atoms with E-state index in [0.29, 0.717) is 39.9 Å². The molecule has 2 N–H and O–H groups in total. The van der Waals surface area contributed by atoms with Gasteiger partial charge in [0.1, 0.15) is 13.2 Å². The van der Waals surface area contributed by atoms with Gasteiger partial charge in [-0.25, -0.2) is 4.99 Å². The van der Waals surface area contributed by atoms with Crippen LogP contribution >= 0.6 is 35.0 Å². The summed E-state index contributed by atoms with van der Waals surface area (Å²) in [5.41, 5.74) is 7.66. The minimum atomic E-state index is 0. The van der Waals surface area contributed by atoms with Crippen molar-refractivity contribution in [3.63, 3.8) is 0 Å². The summed E-state index contributed by atoms with van der Waals surface area (Å²) >= 11 is 13.4. The highest BCUT2D eigenvalue weighted by Gasteiger charge is 2.11. The van der Waals surface area contributed by atoms with E-state index in [0.717, 1.165) is 17.0 Å². The van der Waals surface area contributed by atoms with Gasteiger partial charge in [0.25, 0.3) is 0 Å². The lowest BCUT2D eigenvalue weighted by Crippen LogP contribution is -3.00.